The lowest BCUT2D eigenvalue weighted by molar-refractivity contribution is -0.135. The average molecular weight is 610 g/mol. The van der Waals surface area contributed by atoms with Gasteiger partial charge < -0.3 is 31.5 Å². The molecule has 1 atom stereocenters. The highest BCUT2D eigenvalue weighted by molar-refractivity contribution is 6.63. The number of nitrogens with two attached hydrogens (primary N) is 1. The molecule has 11 nitrogen and oxygen atoms in total. The van der Waals surface area contributed by atoms with E-state index < -0.39 is 11.9 Å². The lowest BCUT2D eigenvalue weighted by Gasteiger charge is -2.46. The highest BCUT2D eigenvalue weighted by Gasteiger charge is 2.30. The second-order valence-corrected chi connectivity index (χ2v) is 13.6. The molecule has 0 saturated heterocycles. The third kappa shape index (κ3) is 11.4. The summed E-state index contributed by atoms with van der Waals surface area (Å²) in [5.74, 6) is -0.255. The third-order valence-electron chi connectivity index (χ3n) is 7.34. The van der Waals surface area contributed by atoms with Crippen LogP contribution in [-0.2, 0) is 22.4 Å². The Morgan fingerprint density at radius 3 is 2.22 bits per heavy atom. The lowest BCUT2D eigenvalue weighted by Crippen LogP contribution is -2.63. The van der Waals surface area contributed by atoms with Gasteiger partial charge in [-0.05, 0) is 51.3 Å². The fourth-order valence-electron chi connectivity index (χ4n) is 5.08. The SMILES string of the molecule is BC(B)(B)N(C/C=C/C(=O)N(C)[C@@H](C)C(=O)NCCc1cccc(Nc2nc(NC(C)C)c(CC)nc2C(N)=O)c1)C(B)(B)B. The Hall–Kier alpha value is -3.60. The Labute approximate surface area is 274 Å². The summed E-state index contributed by atoms with van der Waals surface area (Å²) < 4.78 is 0. The van der Waals surface area contributed by atoms with Gasteiger partial charge in [0.05, 0.1) is 5.69 Å². The van der Waals surface area contributed by atoms with Gasteiger partial charge >= 0.3 is 0 Å². The molecule has 0 radical (unpaired) electrons. The van der Waals surface area contributed by atoms with Gasteiger partial charge in [-0.1, -0.05) is 35.6 Å². The molecule has 1 heterocycles. The van der Waals surface area contributed by atoms with Crippen molar-refractivity contribution in [2.24, 2.45) is 5.73 Å². The number of hydrogen-bond donors (Lipinski definition) is 4. The molecule has 17 heteroatoms. The molecule has 236 valence electrons. The minimum atomic E-state index is -0.667. The molecule has 1 aromatic heterocycles. The molecule has 1 aromatic carbocycles. The van der Waals surface area contributed by atoms with Crippen LogP contribution in [0.4, 0.5) is 17.3 Å². The van der Waals surface area contributed by atoms with E-state index >= 15 is 0 Å². The van der Waals surface area contributed by atoms with Crippen molar-refractivity contribution in [3.05, 3.63) is 53.4 Å². The molecule has 0 aliphatic rings. The molecule has 0 unspecified atom stereocenters. The minimum absolute atomic E-state index is 0.0600. The van der Waals surface area contributed by atoms with E-state index in [1.54, 1.807) is 20.0 Å². The zero-order valence-electron chi connectivity index (χ0n) is 29.0. The molecule has 0 spiro atoms. The Morgan fingerprint density at radius 2 is 1.67 bits per heavy atom. The topological polar surface area (TPSA) is 146 Å². The summed E-state index contributed by atoms with van der Waals surface area (Å²) in [6.45, 7) is 8.67. The van der Waals surface area contributed by atoms with E-state index in [1.807, 2.05) is 51.1 Å². The molecule has 0 aliphatic carbocycles. The first kappa shape index (κ1) is 37.6. The summed E-state index contributed by atoms with van der Waals surface area (Å²) in [5.41, 5.74) is 8.03. The van der Waals surface area contributed by atoms with Gasteiger partial charge in [0.2, 0.25) is 11.8 Å². The van der Waals surface area contributed by atoms with E-state index in [0.29, 0.717) is 43.1 Å². The molecular weight excluding hydrogens is 561 g/mol. The zero-order valence-corrected chi connectivity index (χ0v) is 29.0. The van der Waals surface area contributed by atoms with Gasteiger partial charge in [-0.15, -0.1) is 0 Å². The molecule has 0 saturated carbocycles. The number of benzene rings is 1. The number of rotatable bonds is 16. The molecule has 0 bridgehead atoms. The molecule has 5 N–H and O–H groups in total. The van der Waals surface area contributed by atoms with Crippen LogP contribution in [0.2, 0.25) is 0 Å². The normalized spacial score (nSPS) is 12.7. The van der Waals surface area contributed by atoms with E-state index in [9.17, 15) is 14.4 Å². The van der Waals surface area contributed by atoms with Crippen LogP contribution in [0.15, 0.2) is 36.4 Å². The summed E-state index contributed by atoms with van der Waals surface area (Å²) in [6, 6.07) is 7.10. The van der Waals surface area contributed by atoms with Crippen LogP contribution in [0, 0.1) is 0 Å². The highest BCUT2D eigenvalue weighted by Crippen LogP contribution is 2.23. The van der Waals surface area contributed by atoms with Gasteiger partial charge in [-0.3, -0.25) is 14.4 Å². The number of anilines is 3. The van der Waals surface area contributed by atoms with E-state index in [-0.39, 0.29) is 39.8 Å². The van der Waals surface area contributed by atoms with Crippen LogP contribution in [-0.4, -0.2) is 127 Å². The number of hydrogen-bond acceptors (Lipinski definition) is 8. The first-order valence-electron chi connectivity index (χ1n) is 15.7. The lowest BCUT2D eigenvalue weighted by atomic mass is 9.40. The van der Waals surface area contributed by atoms with Crippen LogP contribution in [0.3, 0.4) is 0 Å². The van der Waals surface area contributed by atoms with Crippen molar-refractivity contribution in [1.29, 1.82) is 0 Å². The van der Waals surface area contributed by atoms with Crippen LogP contribution in [0.25, 0.3) is 0 Å². The van der Waals surface area contributed by atoms with Gasteiger partial charge in [0.1, 0.15) is 58.9 Å². The average Bonchev–Trinajstić information content (AvgIpc) is 2.92. The van der Waals surface area contributed by atoms with Crippen molar-refractivity contribution in [3.8, 4) is 0 Å². The van der Waals surface area contributed by atoms with Crippen molar-refractivity contribution in [2.45, 2.75) is 63.1 Å². The number of carbonyl (C=O) groups excluding carboxylic acids is 3. The van der Waals surface area contributed by atoms with Crippen molar-refractivity contribution in [3.63, 3.8) is 0 Å². The third-order valence-corrected chi connectivity index (χ3v) is 7.34. The van der Waals surface area contributed by atoms with Crippen LogP contribution in [0.5, 0.6) is 0 Å². The molecule has 0 fully saturated rings. The highest BCUT2D eigenvalue weighted by atomic mass is 16.2. The standard InChI is InChI=1S/C28H48B6N8O3/c1-6-20-24(37-16(2)3)40-25(22(39-20)23(35)44)38-19-10-7-9-18(15-19)12-13-36-26(45)17(4)41(5)21(43)11-8-14-42(27(29,30)31)28(32,33)34/h7-11,15-17H,6,12-14,29-34H2,1-5H3,(H2,35,44)(H,36,45)(H2,37,38,40)/b11-8+/t17-/m0/s1. The quantitative estimate of drug-likeness (QED) is 0.112. The molecule has 2 rings (SSSR count). The van der Waals surface area contributed by atoms with Gasteiger partial charge in [0.15, 0.2) is 11.5 Å². The summed E-state index contributed by atoms with van der Waals surface area (Å²) in [6.07, 6.45) is 4.55. The number of nitrogens with zero attached hydrogens (tertiary/aromatic N) is 4. The summed E-state index contributed by atoms with van der Waals surface area (Å²) in [4.78, 5) is 50.7. The Balaban J connectivity index is 2.02. The van der Waals surface area contributed by atoms with Crippen LogP contribution < -0.4 is 21.7 Å². The minimum Gasteiger partial charge on any atom is -0.366 e. The molecule has 2 aromatic rings. The van der Waals surface area contributed by atoms with E-state index in [2.05, 4.69) is 77.9 Å². The van der Waals surface area contributed by atoms with Crippen molar-refractivity contribution < 1.29 is 14.4 Å². The van der Waals surface area contributed by atoms with Gasteiger partial charge in [0, 0.05) is 37.9 Å². The van der Waals surface area contributed by atoms with E-state index in [0.717, 1.165) is 5.56 Å². The fourth-order valence-corrected chi connectivity index (χ4v) is 5.08. The number of likely N-dealkylation sites (N-methyl/N-ethyl adjacent to an activating group) is 1. The first-order chi connectivity index (χ1) is 20.8. The van der Waals surface area contributed by atoms with E-state index in [1.165, 1.54) is 4.90 Å². The molecule has 3 amide bonds. The molecule has 0 aliphatic heterocycles. The van der Waals surface area contributed by atoms with Gasteiger partial charge in [-0.2, -0.15) is 0 Å². The van der Waals surface area contributed by atoms with Crippen LogP contribution >= 0.6 is 0 Å². The number of primary amides is 1. The molecule has 45 heavy (non-hydrogen) atoms. The monoisotopic (exact) mass is 610 g/mol. The number of aromatic nitrogens is 2. The van der Waals surface area contributed by atoms with Gasteiger partial charge in [-0.25, -0.2) is 9.97 Å². The number of amides is 3. The summed E-state index contributed by atoms with van der Waals surface area (Å²) in [7, 11) is 14.6. The predicted molar refractivity (Wildman–Crippen MR) is 200 cm³/mol. The van der Waals surface area contributed by atoms with Crippen molar-refractivity contribution in [1.82, 2.24) is 25.1 Å². The number of nitrogens with one attached hydrogen (secondary N) is 3. The fraction of sp³-hybridized carbons (Fsp3) is 0.464. The second kappa shape index (κ2) is 16.1. The summed E-state index contributed by atoms with van der Waals surface area (Å²) in [5, 5.41) is 9.28. The Kier molecular flexibility index (Phi) is 13.5. The molecular formula is C28H48B6N8O3. The number of aryl methyl sites for hydroxylation is 1. The maximum Gasteiger partial charge on any atom is 0.271 e. The zero-order chi connectivity index (χ0) is 34.1. The largest absolute Gasteiger partial charge is 0.366 e. The van der Waals surface area contributed by atoms with Crippen molar-refractivity contribution >= 4 is 82.1 Å². The van der Waals surface area contributed by atoms with Crippen LogP contribution in [0.1, 0.15) is 49.4 Å². The summed E-state index contributed by atoms with van der Waals surface area (Å²) >= 11 is 0. The Bertz CT molecular complexity index is 1370. The number of carbonyl (C=O) groups is 3. The Morgan fingerprint density at radius 1 is 1.02 bits per heavy atom. The van der Waals surface area contributed by atoms with E-state index in [4.69, 9.17) is 5.73 Å². The predicted octanol–water partition coefficient (Wildman–Crippen LogP) is -3.91. The second-order valence-electron chi connectivity index (χ2n) is 13.6. The smallest absolute Gasteiger partial charge is 0.271 e. The first-order valence-corrected chi connectivity index (χ1v) is 15.7. The van der Waals surface area contributed by atoms with Crippen molar-refractivity contribution in [2.75, 3.05) is 30.8 Å². The maximum atomic E-state index is 12.9. The van der Waals surface area contributed by atoms with Gasteiger partial charge in [0.25, 0.3) is 5.91 Å². The maximum absolute atomic E-state index is 12.9.